The van der Waals surface area contributed by atoms with Gasteiger partial charge in [-0.05, 0) is 0 Å². The summed E-state index contributed by atoms with van der Waals surface area (Å²) in [6, 6.07) is 10.5. The van der Waals surface area contributed by atoms with Crippen LogP contribution in [-0.4, -0.2) is 0 Å². The summed E-state index contributed by atoms with van der Waals surface area (Å²) >= 11 is -1.76. The molecule has 107 valence electrons. The third kappa shape index (κ3) is 5.85. The van der Waals surface area contributed by atoms with E-state index in [0.29, 0.717) is 0 Å². The van der Waals surface area contributed by atoms with Crippen molar-refractivity contribution >= 4 is 28.7 Å². The summed E-state index contributed by atoms with van der Waals surface area (Å²) in [6.07, 6.45) is 0. The normalized spacial score (nSPS) is 10.6. The quantitative estimate of drug-likeness (QED) is 0.646. The maximum absolute atomic E-state index is 6.46. The maximum Gasteiger partial charge on any atom is -0.147 e. The van der Waals surface area contributed by atoms with Crippen molar-refractivity contribution in [2.75, 3.05) is 0 Å². The van der Waals surface area contributed by atoms with Crippen LogP contribution in [0.5, 0.6) is 0 Å². The van der Waals surface area contributed by atoms with Crippen molar-refractivity contribution in [3.63, 3.8) is 0 Å². The molecule has 4 heteroatoms. The minimum Gasteiger partial charge on any atom is -0.147 e. The number of halogens is 2. The second-order valence-electron chi connectivity index (χ2n) is 4.65. The molecule has 0 aromatic heterocycles. The monoisotopic (exact) mass is 336 g/mol. The van der Waals surface area contributed by atoms with E-state index in [9.17, 15) is 0 Å². The molecule has 0 aliphatic carbocycles. The smallest absolute Gasteiger partial charge is 0.147 e. The van der Waals surface area contributed by atoms with Crippen LogP contribution in [0.2, 0.25) is 0 Å². The van der Waals surface area contributed by atoms with Crippen molar-refractivity contribution in [2.45, 2.75) is 34.6 Å². The van der Waals surface area contributed by atoms with Crippen LogP contribution in [0, 0.1) is 0 Å². The summed E-state index contributed by atoms with van der Waals surface area (Å²) in [7, 11) is 0. The van der Waals surface area contributed by atoms with E-state index in [1.54, 1.807) is 0 Å². The first-order valence-corrected chi connectivity index (χ1v) is 8.41. The van der Waals surface area contributed by atoms with Crippen LogP contribution < -0.4 is 8.08 Å². The third-order valence-electron chi connectivity index (χ3n) is 3.36. The van der Waals surface area contributed by atoms with Crippen molar-refractivity contribution in [1.82, 2.24) is 0 Å². The van der Waals surface area contributed by atoms with Crippen LogP contribution in [-0.2, 0) is 18.1 Å². The van der Waals surface area contributed by atoms with Crippen molar-refractivity contribution < 1.29 is 18.1 Å². The van der Waals surface area contributed by atoms with E-state index in [-0.39, 0.29) is 24.8 Å². The van der Waals surface area contributed by atoms with Crippen molar-refractivity contribution in [1.29, 1.82) is 0 Å². The molecule has 0 atom stereocenters. The van der Waals surface area contributed by atoms with Crippen LogP contribution in [0.3, 0.4) is 0 Å². The zero-order valence-electron chi connectivity index (χ0n) is 12.3. The molecule has 0 aliphatic heterocycles. The molecule has 1 rings (SSSR count). The maximum atomic E-state index is 6.46. The third-order valence-corrected chi connectivity index (χ3v) is 6.70. The minimum atomic E-state index is -1.76. The number of hydrogen-bond acceptors (Lipinski definition) is 1. The Labute approximate surface area is 136 Å². The van der Waals surface area contributed by atoms with Gasteiger partial charge in [0.15, 0.2) is 0 Å². The van der Waals surface area contributed by atoms with Crippen molar-refractivity contribution in [2.24, 2.45) is 4.22 Å². The van der Waals surface area contributed by atoms with Gasteiger partial charge >= 0.3 is 112 Å². The fourth-order valence-electron chi connectivity index (χ4n) is 1.69. The van der Waals surface area contributed by atoms with E-state index < -0.39 is 18.1 Å². The summed E-state index contributed by atoms with van der Waals surface area (Å²) in [4.78, 5) is 0. The Bertz CT molecular complexity index is 448. The molecule has 0 saturated carbocycles. The molecule has 1 nitrogen and oxygen atoms in total. The molecule has 0 amide bonds. The van der Waals surface area contributed by atoms with Gasteiger partial charge in [0, 0.05) is 0 Å². The van der Waals surface area contributed by atoms with Gasteiger partial charge in [0.1, 0.15) is 0 Å². The predicted molar refractivity (Wildman–Crippen MR) is 87.2 cm³/mol. The van der Waals surface area contributed by atoms with Crippen molar-refractivity contribution in [3.05, 3.63) is 50.9 Å². The number of hydrogen-bond donors (Lipinski definition) is 1. The Balaban J connectivity index is 0. The van der Waals surface area contributed by atoms with Crippen LogP contribution in [0.25, 0.3) is 0 Å². The van der Waals surface area contributed by atoms with Gasteiger partial charge < -0.3 is 0 Å². The second-order valence-corrected chi connectivity index (χ2v) is 8.02. The molecule has 0 bridgehead atoms. The van der Waals surface area contributed by atoms with E-state index in [1.807, 2.05) is 6.07 Å². The fraction of sp³-hybridized carbons (Fsp3) is 0.333. The molecule has 0 fully saturated rings. The van der Waals surface area contributed by atoms with Gasteiger partial charge in [-0.25, -0.2) is 0 Å². The first-order chi connectivity index (χ1) is 7.95. The van der Waals surface area contributed by atoms with Gasteiger partial charge in [0.2, 0.25) is 0 Å². The number of benzene rings is 1. The Morgan fingerprint density at radius 2 is 1.32 bits per heavy atom. The van der Waals surface area contributed by atoms with E-state index in [0.717, 1.165) is 0 Å². The van der Waals surface area contributed by atoms with Crippen LogP contribution in [0.15, 0.2) is 50.9 Å². The van der Waals surface area contributed by atoms with Gasteiger partial charge in [-0.3, -0.25) is 0 Å². The summed E-state index contributed by atoms with van der Waals surface area (Å²) in [5.41, 5.74) is 4.14. The largest absolute Gasteiger partial charge is 0.147 e. The molecule has 2 N–H and O–H groups in total. The average molecular weight is 337 g/mol. The van der Waals surface area contributed by atoms with Gasteiger partial charge in [-0.2, -0.15) is 0 Å². The molecular weight excluding hydrogens is 313 g/mol. The van der Waals surface area contributed by atoms with E-state index in [4.69, 9.17) is 4.22 Å². The molecule has 19 heavy (non-hydrogen) atoms. The van der Waals surface area contributed by atoms with Gasteiger partial charge in [-0.15, -0.1) is 24.8 Å². The Morgan fingerprint density at radius 1 is 0.842 bits per heavy atom. The summed E-state index contributed by atoms with van der Waals surface area (Å²) in [6.45, 7) is 10.9. The Kier molecular flexibility index (Phi) is 11.0. The first-order valence-electron chi connectivity index (χ1n) is 5.95. The number of allylic oxidation sites excluding steroid dienone is 4. The predicted octanol–water partition coefficient (Wildman–Crippen LogP) is 4.30. The number of nitrogens with two attached hydrogens (primary N) is 1. The molecule has 1 aromatic rings. The molecule has 0 heterocycles. The van der Waals surface area contributed by atoms with Gasteiger partial charge in [0.05, 0.1) is 0 Å². The summed E-state index contributed by atoms with van der Waals surface area (Å²) in [5, 5.41) is 0. The molecule has 0 saturated heterocycles. The van der Waals surface area contributed by atoms with Crippen LogP contribution in [0.4, 0.5) is 0 Å². The Hall–Kier alpha value is -0.0457. The first kappa shape index (κ1) is 21.3. The SMILES string of the molecule is CC(C)=C(C)C(C)=[C](C)[Ti]([NH2])[c]1ccccc1.Cl.Cl. The topological polar surface area (TPSA) is 26.0 Å². The summed E-state index contributed by atoms with van der Waals surface area (Å²) < 4.78 is 9.21. The molecule has 0 spiro atoms. The van der Waals surface area contributed by atoms with Crippen LogP contribution in [0.1, 0.15) is 34.6 Å². The number of rotatable bonds is 3. The van der Waals surface area contributed by atoms with E-state index in [2.05, 4.69) is 58.9 Å². The molecular formula is C15H24Cl2NTi. The van der Waals surface area contributed by atoms with E-state index >= 15 is 0 Å². The van der Waals surface area contributed by atoms with Gasteiger partial charge in [-0.1, -0.05) is 0 Å². The molecule has 0 aliphatic rings. The Morgan fingerprint density at radius 3 is 1.74 bits per heavy atom. The van der Waals surface area contributed by atoms with Crippen LogP contribution >= 0.6 is 24.8 Å². The minimum absolute atomic E-state index is 0. The molecule has 0 radical (unpaired) electrons. The van der Waals surface area contributed by atoms with Crippen molar-refractivity contribution in [3.8, 4) is 0 Å². The zero-order chi connectivity index (χ0) is 13.0. The van der Waals surface area contributed by atoms with Gasteiger partial charge in [0.25, 0.3) is 0 Å². The average Bonchev–Trinajstić information content (AvgIpc) is 2.36. The summed E-state index contributed by atoms with van der Waals surface area (Å²) in [5.74, 6) is 0. The zero-order valence-corrected chi connectivity index (χ0v) is 15.5. The van der Waals surface area contributed by atoms with E-state index in [1.165, 1.54) is 24.5 Å². The fourth-order valence-corrected chi connectivity index (χ4v) is 4.15. The molecule has 0 unspecified atom stereocenters. The molecule has 1 aromatic carbocycles. The second kappa shape index (κ2) is 9.79. The standard InChI is InChI=1S/C9H15.C6H5.2ClH.H2N.Ti/c1-6-8(4)9(5)7(2)3;1-2-4-6-5-3-1;;;;/h1-5H3;1-5H;2*1H;1H2;/q;;;;-1;+1.